The van der Waals surface area contributed by atoms with E-state index in [9.17, 15) is 0 Å². The maximum Gasteiger partial charge on any atom is 0.0674 e. The van der Waals surface area contributed by atoms with Gasteiger partial charge < -0.3 is 9.64 Å². The quantitative estimate of drug-likeness (QED) is 0.660. The van der Waals surface area contributed by atoms with Crippen LogP contribution >= 0.6 is 0 Å². The molecule has 0 N–H and O–H groups in total. The van der Waals surface area contributed by atoms with Gasteiger partial charge in [0.2, 0.25) is 0 Å². The van der Waals surface area contributed by atoms with Crippen LogP contribution in [0.1, 0.15) is 33.1 Å². The smallest absolute Gasteiger partial charge is 0.0674 e. The highest BCUT2D eigenvalue weighted by molar-refractivity contribution is 4.74. The molecule has 1 rings (SSSR count). The lowest BCUT2D eigenvalue weighted by Gasteiger charge is -2.26. The zero-order valence-corrected chi connectivity index (χ0v) is 12.1. The van der Waals surface area contributed by atoms with Gasteiger partial charge in [-0.2, -0.15) is 5.26 Å². The molecule has 2 atom stereocenters. The van der Waals surface area contributed by atoms with Crippen LogP contribution in [-0.2, 0) is 4.74 Å². The second-order valence-corrected chi connectivity index (χ2v) is 5.41. The molecule has 0 bridgehead atoms. The lowest BCUT2D eigenvalue weighted by Crippen LogP contribution is -2.37. The van der Waals surface area contributed by atoms with Gasteiger partial charge in [0, 0.05) is 25.6 Å². The van der Waals surface area contributed by atoms with Crippen LogP contribution < -0.4 is 0 Å². The molecule has 0 aromatic carbocycles. The van der Waals surface area contributed by atoms with Crippen LogP contribution in [-0.4, -0.2) is 61.8 Å². The van der Waals surface area contributed by atoms with Gasteiger partial charge in [-0.15, -0.1) is 0 Å². The Morgan fingerprint density at radius 2 is 2.00 bits per heavy atom. The van der Waals surface area contributed by atoms with E-state index in [2.05, 4.69) is 29.7 Å². The summed E-state index contributed by atoms with van der Waals surface area (Å²) in [5.41, 5.74) is 0. The largest absolute Gasteiger partial charge is 0.376 e. The molecular weight excluding hydrogens is 226 g/mol. The number of likely N-dealkylation sites (N-methyl/N-ethyl adjacent to an activating group) is 1. The number of hydrogen-bond acceptors (Lipinski definition) is 4. The fourth-order valence-corrected chi connectivity index (χ4v) is 2.42. The third kappa shape index (κ3) is 5.81. The summed E-state index contributed by atoms with van der Waals surface area (Å²) in [4.78, 5) is 4.67. The first-order valence-electron chi connectivity index (χ1n) is 7.04. The first-order chi connectivity index (χ1) is 8.63. The van der Waals surface area contributed by atoms with Crippen LogP contribution in [0.15, 0.2) is 0 Å². The van der Waals surface area contributed by atoms with Gasteiger partial charge in [-0.25, -0.2) is 0 Å². The molecule has 4 heteroatoms. The van der Waals surface area contributed by atoms with Crippen molar-refractivity contribution in [3.05, 3.63) is 0 Å². The molecule has 0 aliphatic carbocycles. The van der Waals surface area contributed by atoms with Gasteiger partial charge in [-0.1, -0.05) is 0 Å². The van der Waals surface area contributed by atoms with Crippen molar-refractivity contribution in [1.29, 1.82) is 5.26 Å². The lowest BCUT2D eigenvalue weighted by atomic mass is 10.3. The van der Waals surface area contributed by atoms with Gasteiger partial charge >= 0.3 is 0 Å². The summed E-state index contributed by atoms with van der Waals surface area (Å²) >= 11 is 0. The summed E-state index contributed by atoms with van der Waals surface area (Å²) in [6.45, 7) is 9.34. The van der Waals surface area contributed by atoms with Crippen LogP contribution in [0.5, 0.6) is 0 Å². The number of likely N-dealkylation sites (tertiary alicyclic amines) is 1. The van der Waals surface area contributed by atoms with E-state index < -0.39 is 0 Å². The summed E-state index contributed by atoms with van der Waals surface area (Å²) < 4.78 is 5.90. The van der Waals surface area contributed by atoms with Gasteiger partial charge in [-0.3, -0.25) is 4.90 Å². The molecule has 1 heterocycles. The number of ether oxygens (including phenoxy) is 1. The number of nitrogens with zero attached hydrogens (tertiary/aromatic N) is 3. The molecule has 0 amide bonds. The third-order valence-electron chi connectivity index (χ3n) is 3.56. The van der Waals surface area contributed by atoms with Crippen molar-refractivity contribution in [2.75, 3.05) is 39.8 Å². The van der Waals surface area contributed by atoms with Gasteiger partial charge in [0.1, 0.15) is 0 Å². The minimum atomic E-state index is 0.235. The third-order valence-corrected chi connectivity index (χ3v) is 3.56. The molecule has 1 saturated heterocycles. The average molecular weight is 253 g/mol. The van der Waals surface area contributed by atoms with E-state index in [1.165, 1.54) is 25.9 Å². The van der Waals surface area contributed by atoms with E-state index in [-0.39, 0.29) is 6.10 Å². The number of rotatable bonds is 8. The van der Waals surface area contributed by atoms with E-state index in [1.807, 2.05) is 7.05 Å². The summed E-state index contributed by atoms with van der Waals surface area (Å²) in [5.74, 6) is 0. The van der Waals surface area contributed by atoms with E-state index in [0.29, 0.717) is 12.5 Å². The molecule has 0 aromatic heterocycles. The van der Waals surface area contributed by atoms with Crippen molar-refractivity contribution in [2.45, 2.75) is 45.3 Å². The zero-order valence-electron chi connectivity index (χ0n) is 12.1. The van der Waals surface area contributed by atoms with Crippen molar-refractivity contribution in [3.8, 4) is 6.07 Å². The van der Waals surface area contributed by atoms with E-state index in [1.54, 1.807) is 0 Å². The highest BCUT2D eigenvalue weighted by Gasteiger charge is 2.18. The molecule has 18 heavy (non-hydrogen) atoms. The summed E-state index contributed by atoms with van der Waals surface area (Å²) in [6, 6.07) is 2.70. The maximum atomic E-state index is 8.53. The van der Waals surface area contributed by atoms with Crippen molar-refractivity contribution in [3.63, 3.8) is 0 Å². The second kappa shape index (κ2) is 8.47. The molecule has 2 unspecified atom stereocenters. The maximum absolute atomic E-state index is 8.53. The fourth-order valence-electron chi connectivity index (χ4n) is 2.42. The normalized spacial score (nSPS) is 19.9. The Balaban J connectivity index is 2.12. The van der Waals surface area contributed by atoms with Gasteiger partial charge in [-0.05, 0) is 46.8 Å². The molecule has 0 spiro atoms. The Labute approximate surface area is 112 Å². The zero-order chi connectivity index (χ0) is 13.4. The van der Waals surface area contributed by atoms with Crippen LogP contribution in [0.2, 0.25) is 0 Å². The lowest BCUT2D eigenvalue weighted by molar-refractivity contribution is 0.0126. The van der Waals surface area contributed by atoms with Crippen molar-refractivity contribution >= 4 is 0 Å². The molecule has 1 fully saturated rings. The van der Waals surface area contributed by atoms with Crippen LogP contribution in [0.3, 0.4) is 0 Å². The predicted molar refractivity (Wildman–Crippen MR) is 73.4 cm³/mol. The van der Waals surface area contributed by atoms with E-state index in [0.717, 1.165) is 19.7 Å². The molecule has 0 aromatic rings. The average Bonchev–Trinajstić information content (AvgIpc) is 2.87. The standard InChI is InChI=1S/C14H27N3O/c1-13(17-9-4-5-10-17)12-18-14(2)11-16(3)8-6-7-15/h13-14H,4-6,8-12H2,1-3H3. The van der Waals surface area contributed by atoms with Gasteiger partial charge in [0.15, 0.2) is 0 Å². The Morgan fingerprint density at radius 1 is 1.33 bits per heavy atom. The number of nitriles is 1. The SMILES string of the molecule is CC(CN(C)CCC#N)OCC(C)N1CCCC1. The molecule has 4 nitrogen and oxygen atoms in total. The minimum Gasteiger partial charge on any atom is -0.376 e. The predicted octanol–water partition coefficient (Wildman–Crippen LogP) is 1.72. The molecule has 1 aliphatic heterocycles. The van der Waals surface area contributed by atoms with Crippen molar-refractivity contribution in [1.82, 2.24) is 9.80 Å². The van der Waals surface area contributed by atoms with Crippen LogP contribution in [0.25, 0.3) is 0 Å². The molecule has 0 saturated carbocycles. The molecule has 1 aliphatic rings. The minimum absolute atomic E-state index is 0.235. The Kier molecular flexibility index (Phi) is 7.26. The summed E-state index contributed by atoms with van der Waals surface area (Å²) in [6.07, 6.45) is 3.49. The monoisotopic (exact) mass is 253 g/mol. The van der Waals surface area contributed by atoms with Crippen LogP contribution in [0, 0.1) is 11.3 Å². The first-order valence-corrected chi connectivity index (χ1v) is 7.04. The first kappa shape index (κ1) is 15.4. The Bertz CT molecular complexity index is 258. The molecular formula is C14H27N3O. The van der Waals surface area contributed by atoms with Crippen LogP contribution in [0.4, 0.5) is 0 Å². The van der Waals surface area contributed by atoms with Crippen molar-refractivity contribution < 1.29 is 4.74 Å². The van der Waals surface area contributed by atoms with E-state index >= 15 is 0 Å². The van der Waals surface area contributed by atoms with E-state index in [4.69, 9.17) is 10.00 Å². The Hall–Kier alpha value is -0.630. The molecule has 0 radical (unpaired) electrons. The fraction of sp³-hybridized carbons (Fsp3) is 0.929. The summed E-state index contributed by atoms with van der Waals surface area (Å²) in [5, 5.41) is 8.53. The van der Waals surface area contributed by atoms with Gasteiger partial charge in [0.25, 0.3) is 0 Å². The van der Waals surface area contributed by atoms with Crippen molar-refractivity contribution in [2.24, 2.45) is 0 Å². The van der Waals surface area contributed by atoms with Gasteiger partial charge in [0.05, 0.1) is 18.8 Å². The highest BCUT2D eigenvalue weighted by Crippen LogP contribution is 2.12. The number of hydrogen-bond donors (Lipinski definition) is 0. The Morgan fingerprint density at radius 3 is 2.61 bits per heavy atom. The second-order valence-electron chi connectivity index (χ2n) is 5.41. The highest BCUT2D eigenvalue weighted by atomic mass is 16.5. The topological polar surface area (TPSA) is 39.5 Å². The summed E-state index contributed by atoms with van der Waals surface area (Å²) in [7, 11) is 2.04. The molecule has 104 valence electrons.